The summed E-state index contributed by atoms with van der Waals surface area (Å²) in [7, 11) is -2.27. The number of nitrogens with one attached hydrogen (secondary N) is 1. The maximum atomic E-state index is 12.3. The standard InChI is InChI=1S/C8H15N2O5P/c1-4-14-16(13,15-5-2)7-6(11)9-8(12)10(7)3/h11H,4-5H2,1-3H3,(H,9,12). The highest BCUT2D eigenvalue weighted by molar-refractivity contribution is 7.62. The molecular formula is C8H15N2O5P. The molecule has 0 bridgehead atoms. The van der Waals surface area contributed by atoms with E-state index < -0.39 is 19.2 Å². The summed E-state index contributed by atoms with van der Waals surface area (Å²) < 4.78 is 23.4. The predicted molar refractivity (Wildman–Crippen MR) is 58.2 cm³/mol. The van der Waals surface area contributed by atoms with Crippen LogP contribution in [0.15, 0.2) is 4.79 Å². The van der Waals surface area contributed by atoms with Crippen molar-refractivity contribution >= 4 is 13.0 Å². The molecule has 1 aromatic rings. The number of rotatable bonds is 5. The van der Waals surface area contributed by atoms with E-state index in [1.165, 1.54) is 7.05 Å². The van der Waals surface area contributed by atoms with Crippen molar-refractivity contribution in [3.05, 3.63) is 10.5 Å². The number of aromatic amines is 1. The molecule has 0 aliphatic rings. The highest BCUT2D eigenvalue weighted by atomic mass is 31.2. The second kappa shape index (κ2) is 4.86. The van der Waals surface area contributed by atoms with Crippen molar-refractivity contribution < 1.29 is 18.7 Å². The van der Waals surface area contributed by atoms with Crippen molar-refractivity contribution in [2.75, 3.05) is 13.2 Å². The Balaban J connectivity index is 3.31. The van der Waals surface area contributed by atoms with Crippen molar-refractivity contribution in [3.8, 4) is 5.88 Å². The van der Waals surface area contributed by atoms with Crippen LogP contribution in [0, 0.1) is 0 Å². The van der Waals surface area contributed by atoms with Crippen LogP contribution >= 0.6 is 7.60 Å². The van der Waals surface area contributed by atoms with Gasteiger partial charge in [-0.1, -0.05) is 0 Å². The summed E-state index contributed by atoms with van der Waals surface area (Å²) in [5, 5.41) is 9.49. The molecule has 0 saturated carbocycles. The van der Waals surface area contributed by atoms with Gasteiger partial charge < -0.3 is 14.2 Å². The highest BCUT2D eigenvalue weighted by Gasteiger charge is 2.34. The summed E-state index contributed by atoms with van der Waals surface area (Å²) in [4.78, 5) is 13.4. The number of nitrogens with zero attached hydrogens (tertiary/aromatic N) is 1. The van der Waals surface area contributed by atoms with Gasteiger partial charge in [-0.3, -0.25) is 14.1 Å². The van der Waals surface area contributed by atoms with Gasteiger partial charge >= 0.3 is 13.3 Å². The van der Waals surface area contributed by atoms with E-state index in [4.69, 9.17) is 9.05 Å². The maximum absolute atomic E-state index is 12.3. The average molecular weight is 250 g/mol. The lowest BCUT2D eigenvalue weighted by molar-refractivity contribution is 0.228. The van der Waals surface area contributed by atoms with Crippen LogP contribution in [0.4, 0.5) is 0 Å². The minimum absolute atomic E-state index is 0.149. The minimum Gasteiger partial charge on any atom is -0.493 e. The smallest absolute Gasteiger partial charge is 0.383 e. The molecule has 8 heteroatoms. The summed E-state index contributed by atoms with van der Waals surface area (Å²) in [6.07, 6.45) is 0. The molecule has 0 aliphatic heterocycles. The van der Waals surface area contributed by atoms with E-state index in [0.29, 0.717) is 0 Å². The third-order valence-electron chi connectivity index (χ3n) is 1.92. The summed E-state index contributed by atoms with van der Waals surface area (Å²) in [6, 6.07) is 0. The molecule has 16 heavy (non-hydrogen) atoms. The Morgan fingerprint density at radius 2 is 1.88 bits per heavy atom. The Morgan fingerprint density at radius 3 is 2.19 bits per heavy atom. The second-order valence-electron chi connectivity index (χ2n) is 2.99. The molecule has 0 fully saturated rings. The van der Waals surface area contributed by atoms with E-state index in [-0.39, 0.29) is 18.6 Å². The Hall–Kier alpha value is -1.04. The third kappa shape index (κ3) is 2.21. The Kier molecular flexibility index (Phi) is 3.96. The van der Waals surface area contributed by atoms with Gasteiger partial charge in [0.1, 0.15) is 0 Å². The van der Waals surface area contributed by atoms with E-state index in [9.17, 15) is 14.5 Å². The summed E-state index contributed by atoms with van der Waals surface area (Å²) >= 11 is 0. The number of imidazole rings is 1. The van der Waals surface area contributed by atoms with Crippen molar-refractivity contribution in [3.63, 3.8) is 0 Å². The lowest BCUT2D eigenvalue weighted by Gasteiger charge is -2.16. The van der Waals surface area contributed by atoms with Gasteiger partial charge in [-0.05, 0) is 13.8 Å². The molecule has 0 saturated heterocycles. The normalized spacial score (nSPS) is 11.9. The van der Waals surface area contributed by atoms with Crippen LogP contribution in [0.1, 0.15) is 13.8 Å². The van der Waals surface area contributed by atoms with Crippen LogP contribution in [0.5, 0.6) is 5.88 Å². The lowest BCUT2D eigenvalue weighted by atomic mass is 10.8. The maximum Gasteiger partial charge on any atom is 0.383 e. The number of aromatic nitrogens is 2. The topological polar surface area (TPSA) is 93.6 Å². The van der Waals surface area contributed by atoms with Crippen LogP contribution in [-0.4, -0.2) is 27.9 Å². The molecule has 0 spiro atoms. The molecule has 0 aliphatic carbocycles. The van der Waals surface area contributed by atoms with Gasteiger partial charge in [-0.2, -0.15) is 0 Å². The molecule has 0 atom stereocenters. The fourth-order valence-electron chi connectivity index (χ4n) is 1.31. The molecule has 1 heterocycles. The molecule has 0 amide bonds. The molecule has 1 rings (SSSR count). The third-order valence-corrected chi connectivity index (χ3v) is 4.14. The fourth-order valence-corrected chi connectivity index (χ4v) is 3.08. The minimum atomic E-state index is -3.64. The number of hydrogen-bond donors (Lipinski definition) is 2. The molecule has 2 N–H and O–H groups in total. The SMILES string of the molecule is CCOP(=O)(OCC)c1c(O)[nH]c(=O)n1C. The van der Waals surface area contributed by atoms with Crippen LogP contribution in [0.25, 0.3) is 0 Å². The van der Waals surface area contributed by atoms with Crippen LogP contribution in [0.2, 0.25) is 0 Å². The monoisotopic (exact) mass is 250 g/mol. The quantitative estimate of drug-likeness (QED) is 0.733. The van der Waals surface area contributed by atoms with Gasteiger partial charge in [-0.25, -0.2) is 4.79 Å². The lowest BCUT2D eigenvalue weighted by Crippen LogP contribution is -2.25. The summed E-state index contributed by atoms with van der Waals surface area (Å²) in [5.74, 6) is -0.488. The van der Waals surface area contributed by atoms with E-state index in [1.807, 2.05) is 0 Å². The van der Waals surface area contributed by atoms with Crippen LogP contribution < -0.4 is 11.1 Å². The van der Waals surface area contributed by atoms with Crippen molar-refractivity contribution in [2.24, 2.45) is 7.05 Å². The molecule has 0 aromatic carbocycles. The van der Waals surface area contributed by atoms with Gasteiger partial charge in [0.05, 0.1) is 13.2 Å². The van der Waals surface area contributed by atoms with Crippen molar-refractivity contribution in [1.82, 2.24) is 9.55 Å². The van der Waals surface area contributed by atoms with E-state index in [0.717, 1.165) is 4.57 Å². The highest BCUT2D eigenvalue weighted by Crippen LogP contribution is 2.48. The van der Waals surface area contributed by atoms with Gasteiger partial charge in [0.2, 0.25) is 5.88 Å². The molecule has 1 aromatic heterocycles. The van der Waals surface area contributed by atoms with E-state index in [2.05, 4.69) is 4.98 Å². The number of aromatic hydroxyl groups is 1. The first kappa shape index (κ1) is 13.0. The Bertz CT molecular complexity index is 453. The average Bonchev–Trinajstić information content (AvgIpc) is 2.42. The predicted octanol–water partition coefficient (Wildman–Crippen LogP) is 0.310. The van der Waals surface area contributed by atoms with Gasteiger partial charge in [0.25, 0.3) is 0 Å². The fraction of sp³-hybridized carbons (Fsp3) is 0.625. The first-order valence-corrected chi connectivity index (χ1v) is 6.38. The number of hydrogen-bond acceptors (Lipinski definition) is 5. The largest absolute Gasteiger partial charge is 0.493 e. The van der Waals surface area contributed by atoms with Gasteiger partial charge in [0.15, 0.2) is 5.44 Å². The van der Waals surface area contributed by atoms with E-state index in [1.54, 1.807) is 13.8 Å². The first-order valence-electron chi connectivity index (χ1n) is 4.84. The summed E-state index contributed by atoms with van der Waals surface area (Å²) in [5.41, 5.74) is -0.728. The van der Waals surface area contributed by atoms with Gasteiger partial charge in [-0.15, -0.1) is 0 Å². The molecular weight excluding hydrogens is 235 g/mol. The van der Waals surface area contributed by atoms with Crippen molar-refractivity contribution in [2.45, 2.75) is 13.8 Å². The Labute approximate surface area is 92.5 Å². The molecule has 0 radical (unpaired) electrons. The van der Waals surface area contributed by atoms with Crippen LogP contribution in [0.3, 0.4) is 0 Å². The number of H-pyrrole nitrogens is 1. The zero-order chi connectivity index (χ0) is 12.3. The van der Waals surface area contributed by atoms with Crippen LogP contribution in [-0.2, 0) is 20.7 Å². The molecule has 7 nitrogen and oxygen atoms in total. The zero-order valence-electron chi connectivity index (χ0n) is 9.39. The first-order chi connectivity index (χ1) is 7.46. The second-order valence-corrected chi connectivity index (χ2v) is 4.93. The zero-order valence-corrected chi connectivity index (χ0v) is 10.3. The van der Waals surface area contributed by atoms with E-state index >= 15 is 0 Å². The van der Waals surface area contributed by atoms with Gasteiger partial charge in [0, 0.05) is 7.05 Å². The molecule has 92 valence electrons. The Morgan fingerprint density at radius 1 is 1.38 bits per heavy atom. The van der Waals surface area contributed by atoms with Crippen molar-refractivity contribution in [1.29, 1.82) is 0 Å². The summed E-state index contributed by atoms with van der Waals surface area (Å²) in [6.45, 7) is 3.59. The molecule has 0 unspecified atom stereocenters.